The highest BCUT2D eigenvalue weighted by Gasteiger charge is 2.18. The Morgan fingerprint density at radius 3 is 2.24 bits per heavy atom. The van der Waals surface area contributed by atoms with Crippen molar-refractivity contribution in [3.63, 3.8) is 0 Å². The maximum atomic E-state index is 5.56. The van der Waals surface area contributed by atoms with Gasteiger partial charge in [-0.05, 0) is 31.6 Å². The van der Waals surface area contributed by atoms with Crippen molar-refractivity contribution in [1.29, 1.82) is 0 Å². The molecule has 4 N–H and O–H groups in total. The number of anilines is 3. The van der Waals surface area contributed by atoms with Gasteiger partial charge >= 0.3 is 0 Å². The first kappa shape index (κ1) is 22.0. The minimum atomic E-state index is 0.539. The van der Waals surface area contributed by atoms with E-state index in [4.69, 9.17) is 15.2 Å². The molecule has 1 aromatic heterocycles. The minimum absolute atomic E-state index is 0.539. The van der Waals surface area contributed by atoms with Gasteiger partial charge in [0.1, 0.15) is 0 Å². The van der Waals surface area contributed by atoms with Crippen LogP contribution >= 0.6 is 0 Å². The van der Waals surface area contributed by atoms with E-state index < -0.39 is 0 Å². The van der Waals surface area contributed by atoms with Gasteiger partial charge in [-0.3, -0.25) is 0 Å². The molecule has 1 aromatic rings. The minimum Gasteiger partial charge on any atom is -0.378 e. The molecular weight excluding hydrogens is 370 g/mol. The average molecular weight is 408 g/mol. The van der Waals surface area contributed by atoms with Crippen molar-refractivity contribution < 1.29 is 9.47 Å². The first-order valence-corrected chi connectivity index (χ1v) is 11.2. The summed E-state index contributed by atoms with van der Waals surface area (Å²) in [6.07, 6.45) is 9.04. The summed E-state index contributed by atoms with van der Waals surface area (Å²) < 4.78 is 10.9. The fraction of sp³-hybridized carbons (Fsp3) is 0.850. The van der Waals surface area contributed by atoms with E-state index in [0.717, 1.165) is 31.5 Å². The third kappa shape index (κ3) is 7.91. The quantitative estimate of drug-likeness (QED) is 0.422. The molecule has 0 amide bonds. The fourth-order valence-corrected chi connectivity index (χ4v) is 3.85. The Morgan fingerprint density at radius 1 is 0.828 bits per heavy atom. The standard InChI is InChI=1S/C20H37N7O2/c21-8-12-28-14-15-29-13-9-22-18-24-19(23-16-17-6-2-1-3-7-17)26-20(25-18)27-10-4-5-11-27/h17H,1-16,21H2,(H2,22,23,24,25,26). The van der Waals surface area contributed by atoms with E-state index in [2.05, 4.69) is 30.5 Å². The average Bonchev–Trinajstić information content (AvgIpc) is 3.30. The molecular formula is C20H37N7O2. The summed E-state index contributed by atoms with van der Waals surface area (Å²) in [4.78, 5) is 16.1. The van der Waals surface area contributed by atoms with Gasteiger partial charge in [0.05, 0.1) is 26.4 Å². The lowest BCUT2D eigenvalue weighted by molar-refractivity contribution is 0.0547. The van der Waals surface area contributed by atoms with Crippen LogP contribution in [0.15, 0.2) is 0 Å². The Bertz CT molecular complexity index is 578. The maximum Gasteiger partial charge on any atom is 0.231 e. The summed E-state index contributed by atoms with van der Waals surface area (Å²) in [5.74, 6) is 2.77. The van der Waals surface area contributed by atoms with Crippen molar-refractivity contribution in [2.24, 2.45) is 11.7 Å². The van der Waals surface area contributed by atoms with Crippen molar-refractivity contribution in [3.8, 4) is 0 Å². The zero-order valence-electron chi connectivity index (χ0n) is 17.6. The molecule has 3 rings (SSSR count). The van der Waals surface area contributed by atoms with Gasteiger partial charge < -0.3 is 30.7 Å². The van der Waals surface area contributed by atoms with Crippen molar-refractivity contribution in [1.82, 2.24) is 15.0 Å². The molecule has 2 heterocycles. The predicted molar refractivity (Wildman–Crippen MR) is 116 cm³/mol. The van der Waals surface area contributed by atoms with Crippen LogP contribution < -0.4 is 21.3 Å². The maximum absolute atomic E-state index is 5.56. The van der Waals surface area contributed by atoms with Gasteiger partial charge in [-0.2, -0.15) is 15.0 Å². The van der Waals surface area contributed by atoms with E-state index in [1.54, 1.807) is 0 Å². The van der Waals surface area contributed by atoms with Gasteiger partial charge in [0.25, 0.3) is 0 Å². The van der Waals surface area contributed by atoms with Crippen molar-refractivity contribution >= 4 is 17.8 Å². The molecule has 0 radical (unpaired) electrons. The number of nitrogens with zero attached hydrogens (tertiary/aromatic N) is 4. The highest BCUT2D eigenvalue weighted by atomic mass is 16.5. The molecule has 164 valence electrons. The van der Waals surface area contributed by atoms with E-state index in [-0.39, 0.29) is 0 Å². The number of hydrogen-bond donors (Lipinski definition) is 3. The van der Waals surface area contributed by atoms with Crippen LogP contribution in [0.2, 0.25) is 0 Å². The fourth-order valence-electron chi connectivity index (χ4n) is 3.85. The number of ether oxygens (including phenoxy) is 2. The normalized spacial score (nSPS) is 17.6. The van der Waals surface area contributed by atoms with Crippen molar-refractivity contribution in [2.45, 2.75) is 44.9 Å². The SMILES string of the molecule is NCCOCCOCCNc1nc(NCC2CCCCC2)nc(N2CCCC2)n1. The Balaban J connectivity index is 1.48. The summed E-state index contributed by atoms with van der Waals surface area (Å²) in [7, 11) is 0. The molecule has 9 heteroatoms. The zero-order chi connectivity index (χ0) is 20.2. The largest absolute Gasteiger partial charge is 0.378 e. The summed E-state index contributed by atoms with van der Waals surface area (Å²) in [5, 5.41) is 6.74. The Labute approximate surface area is 174 Å². The van der Waals surface area contributed by atoms with Gasteiger partial charge in [-0.15, -0.1) is 0 Å². The first-order valence-electron chi connectivity index (χ1n) is 11.2. The summed E-state index contributed by atoms with van der Waals surface area (Å²) in [6.45, 7) is 6.41. The lowest BCUT2D eigenvalue weighted by Gasteiger charge is -2.22. The molecule has 29 heavy (non-hydrogen) atoms. The molecule has 0 unspecified atom stereocenters. The summed E-state index contributed by atoms with van der Waals surface area (Å²) in [5.41, 5.74) is 5.39. The lowest BCUT2D eigenvalue weighted by atomic mass is 9.89. The number of hydrogen-bond acceptors (Lipinski definition) is 9. The van der Waals surface area contributed by atoms with Crippen LogP contribution in [0.4, 0.5) is 17.8 Å². The van der Waals surface area contributed by atoms with E-state index in [1.807, 2.05) is 0 Å². The molecule has 0 spiro atoms. The van der Waals surface area contributed by atoms with Gasteiger partial charge in [0, 0.05) is 32.7 Å². The van der Waals surface area contributed by atoms with Crippen LogP contribution in [0, 0.1) is 5.92 Å². The topological polar surface area (TPSA) is 110 Å². The van der Waals surface area contributed by atoms with Crippen LogP contribution in [0.1, 0.15) is 44.9 Å². The summed E-state index contributed by atoms with van der Waals surface area (Å²) >= 11 is 0. The van der Waals surface area contributed by atoms with E-state index in [0.29, 0.717) is 51.4 Å². The van der Waals surface area contributed by atoms with Crippen LogP contribution in [-0.4, -0.2) is 74.1 Å². The third-order valence-corrected chi connectivity index (χ3v) is 5.45. The second-order valence-electron chi connectivity index (χ2n) is 7.80. The van der Waals surface area contributed by atoms with Crippen LogP contribution in [0.3, 0.4) is 0 Å². The molecule has 2 fully saturated rings. The molecule has 0 atom stereocenters. The van der Waals surface area contributed by atoms with E-state index in [9.17, 15) is 0 Å². The number of nitrogens with one attached hydrogen (secondary N) is 2. The second-order valence-corrected chi connectivity index (χ2v) is 7.80. The lowest BCUT2D eigenvalue weighted by Crippen LogP contribution is -2.24. The molecule has 1 aliphatic carbocycles. The van der Waals surface area contributed by atoms with Gasteiger partial charge in [0.15, 0.2) is 0 Å². The van der Waals surface area contributed by atoms with Gasteiger partial charge in [0.2, 0.25) is 17.8 Å². The predicted octanol–water partition coefficient (Wildman–Crippen LogP) is 1.87. The van der Waals surface area contributed by atoms with Crippen molar-refractivity contribution in [2.75, 3.05) is 74.7 Å². The monoisotopic (exact) mass is 407 g/mol. The van der Waals surface area contributed by atoms with Crippen LogP contribution in [0.5, 0.6) is 0 Å². The van der Waals surface area contributed by atoms with E-state index >= 15 is 0 Å². The highest BCUT2D eigenvalue weighted by molar-refractivity contribution is 5.44. The molecule has 0 aromatic carbocycles. The molecule has 9 nitrogen and oxygen atoms in total. The highest BCUT2D eigenvalue weighted by Crippen LogP contribution is 2.24. The van der Waals surface area contributed by atoms with E-state index in [1.165, 1.54) is 44.9 Å². The molecule has 2 aliphatic rings. The van der Waals surface area contributed by atoms with Crippen molar-refractivity contribution in [3.05, 3.63) is 0 Å². The molecule has 1 saturated carbocycles. The second kappa shape index (κ2) is 12.8. The zero-order valence-corrected chi connectivity index (χ0v) is 17.6. The smallest absolute Gasteiger partial charge is 0.231 e. The van der Waals surface area contributed by atoms with Gasteiger partial charge in [-0.1, -0.05) is 19.3 Å². The Hall–Kier alpha value is -1.71. The van der Waals surface area contributed by atoms with Gasteiger partial charge in [-0.25, -0.2) is 0 Å². The number of aromatic nitrogens is 3. The third-order valence-electron chi connectivity index (χ3n) is 5.45. The first-order chi connectivity index (χ1) is 14.3. The number of nitrogens with two attached hydrogens (primary N) is 1. The number of rotatable bonds is 13. The van der Waals surface area contributed by atoms with Crippen LogP contribution in [0.25, 0.3) is 0 Å². The molecule has 1 saturated heterocycles. The molecule has 0 bridgehead atoms. The Morgan fingerprint density at radius 2 is 1.52 bits per heavy atom. The summed E-state index contributed by atoms with van der Waals surface area (Å²) in [6, 6.07) is 0. The molecule has 1 aliphatic heterocycles. The van der Waals surface area contributed by atoms with Crippen LogP contribution in [-0.2, 0) is 9.47 Å². The Kier molecular flexibility index (Phi) is 9.68.